The zero-order valence-corrected chi connectivity index (χ0v) is 13.5. The summed E-state index contributed by atoms with van der Waals surface area (Å²) < 4.78 is 0.886. The van der Waals surface area contributed by atoms with Crippen molar-refractivity contribution in [2.45, 2.75) is 71.1 Å². The van der Waals surface area contributed by atoms with Crippen molar-refractivity contribution in [3.63, 3.8) is 0 Å². The number of aliphatic hydroxyl groups excluding tert-OH is 1. The van der Waals surface area contributed by atoms with Gasteiger partial charge in [0.2, 0.25) is 0 Å². The molecule has 0 aliphatic rings. The minimum Gasteiger partial charge on any atom is -0.392 e. The molecule has 2 nitrogen and oxygen atoms in total. The van der Waals surface area contributed by atoms with Crippen molar-refractivity contribution in [1.29, 1.82) is 0 Å². The van der Waals surface area contributed by atoms with Gasteiger partial charge in [0.05, 0.1) is 33.4 Å². The average Bonchev–Trinajstić information content (AvgIpc) is 2.38. The molecule has 0 saturated carbocycles. The lowest BCUT2D eigenvalue weighted by atomic mass is 10.1. The maximum Gasteiger partial charge on any atom is 0.0936 e. The van der Waals surface area contributed by atoms with E-state index in [1.165, 1.54) is 70.8 Å². The van der Waals surface area contributed by atoms with E-state index in [1.54, 1.807) is 0 Å². The quantitative estimate of drug-likeness (QED) is 0.386. The van der Waals surface area contributed by atoms with Gasteiger partial charge in [-0.3, -0.25) is 0 Å². The Labute approximate surface area is 121 Å². The molecule has 0 rings (SSSR count). The van der Waals surface area contributed by atoms with E-state index < -0.39 is 0 Å². The zero-order valence-electron chi connectivity index (χ0n) is 13.5. The van der Waals surface area contributed by atoms with Gasteiger partial charge in [0, 0.05) is 0 Å². The van der Waals surface area contributed by atoms with E-state index in [0.29, 0.717) is 0 Å². The summed E-state index contributed by atoms with van der Waals surface area (Å²) in [6.07, 6.45) is 17.8. The van der Waals surface area contributed by atoms with Crippen LogP contribution in [0.15, 0.2) is 12.3 Å². The highest BCUT2D eigenvalue weighted by Crippen LogP contribution is 2.11. The fourth-order valence-corrected chi connectivity index (χ4v) is 2.41. The van der Waals surface area contributed by atoms with Crippen LogP contribution in [0.25, 0.3) is 0 Å². The van der Waals surface area contributed by atoms with Crippen molar-refractivity contribution < 1.29 is 9.59 Å². The highest BCUT2D eigenvalue weighted by atomic mass is 16.2. The SMILES string of the molecule is CCCCCCCCCCCC[N+](C)(C)C=CCO. The Morgan fingerprint density at radius 2 is 1.26 bits per heavy atom. The smallest absolute Gasteiger partial charge is 0.0936 e. The molecule has 0 aromatic carbocycles. The highest BCUT2D eigenvalue weighted by molar-refractivity contribution is 4.71. The van der Waals surface area contributed by atoms with E-state index >= 15 is 0 Å². The number of nitrogens with zero attached hydrogens (tertiary/aromatic N) is 1. The molecule has 0 radical (unpaired) electrons. The van der Waals surface area contributed by atoms with Gasteiger partial charge in [0.1, 0.15) is 0 Å². The largest absolute Gasteiger partial charge is 0.392 e. The van der Waals surface area contributed by atoms with Crippen molar-refractivity contribution >= 4 is 0 Å². The standard InChI is InChI=1S/C17H36NO/c1-4-5-6-7-8-9-10-11-12-13-15-18(2,3)16-14-17-19/h14,16,19H,4-13,15,17H2,1-3H3/q+1. The number of aliphatic hydroxyl groups is 1. The summed E-state index contributed by atoms with van der Waals surface area (Å²) in [7, 11) is 4.39. The molecular formula is C17H36NO+. The van der Waals surface area contributed by atoms with Gasteiger partial charge >= 0.3 is 0 Å². The van der Waals surface area contributed by atoms with Crippen LogP contribution in [-0.2, 0) is 0 Å². The van der Waals surface area contributed by atoms with Crippen LogP contribution >= 0.6 is 0 Å². The first-order valence-corrected chi connectivity index (χ1v) is 8.23. The number of unbranched alkanes of at least 4 members (excludes halogenated alkanes) is 9. The van der Waals surface area contributed by atoms with Gasteiger partial charge in [0.25, 0.3) is 0 Å². The van der Waals surface area contributed by atoms with Crippen LogP contribution in [0.3, 0.4) is 0 Å². The number of hydrogen-bond donors (Lipinski definition) is 1. The normalized spacial score (nSPS) is 12.4. The molecule has 1 N–H and O–H groups in total. The van der Waals surface area contributed by atoms with E-state index in [4.69, 9.17) is 5.11 Å². The summed E-state index contributed by atoms with van der Waals surface area (Å²) >= 11 is 0. The summed E-state index contributed by atoms with van der Waals surface area (Å²) in [5.41, 5.74) is 0. The Balaban J connectivity index is 3.28. The van der Waals surface area contributed by atoms with Crippen LogP contribution in [0.4, 0.5) is 0 Å². The summed E-state index contributed by atoms with van der Waals surface area (Å²) in [6.45, 7) is 3.60. The monoisotopic (exact) mass is 270 g/mol. The highest BCUT2D eigenvalue weighted by Gasteiger charge is 2.09. The number of rotatable bonds is 13. The third-order valence-corrected chi connectivity index (χ3v) is 3.70. The van der Waals surface area contributed by atoms with Crippen molar-refractivity contribution in [3.05, 3.63) is 12.3 Å². The predicted octanol–water partition coefficient (Wildman–Crippen LogP) is 4.49. The van der Waals surface area contributed by atoms with E-state index in [9.17, 15) is 0 Å². The van der Waals surface area contributed by atoms with E-state index in [-0.39, 0.29) is 6.61 Å². The molecule has 0 aromatic heterocycles. The Morgan fingerprint density at radius 1 is 0.789 bits per heavy atom. The molecule has 0 atom stereocenters. The molecular weight excluding hydrogens is 234 g/mol. The molecule has 0 aliphatic carbocycles. The summed E-state index contributed by atoms with van der Waals surface area (Å²) in [4.78, 5) is 0. The molecule has 0 spiro atoms. The van der Waals surface area contributed by atoms with Crippen LogP contribution < -0.4 is 0 Å². The molecule has 0 fully saturated rings. The Kier molecular flexibility index (Phi) is 12.5. The van der Waals surface area contributed by atoms with Gasteiger partial charge in [-0.15, -0.1) is 0 Å². The van der Waals surface area contributed by atoms with Gasteiger partial charge in [-0.2, -0.15) is 0 Å². The van der Waals surface area contributed by atoms with E-state index in [2.05, 4.69) is 27.2 Å². The van der Waals surface area contributed by atoms with Gasteiger partial charge in [0.15, 0.2) is 0 Å². The molecule has 19 heavy (non-hydrogen) atoms. The maximum absolute atomic E-state index is 8.78. The van der Waals surface area contributed by atoms with Crippen molar-refractivity contribution in [2.75, 3.05) is 27.2 Å². The first kappa shape index (κ1) is 18.7. The van der Waals surface area contributed by atoms with E-state index in [1.807, 2.05) is 6.08 Å². The topological polar surface area (TPSA) is 20.2 Å². The Hall–Kier alpha value is -0.340. The first-order valence-electron chi connectivity index (χ1n) is 8.23. The zero-order chi connectivity index (χ0) is 14.4. The lowest BCUT2D eigenvalue weighted by molar-refractivity contribution is -0.839. The molecule has 0 unspecified atom stereocenters. The molecule has 0 aliphatic heterocycles. The van der Waals surface area contributed by atoms with Crippen molar-refractivity contribution in [2.24, 2.45) is 0 Å². The Bertz CT molecular complexity index is 211. The fourth-order valence-electron chi connectivity index (χ4n) is 2.41. The molecule has 0 saturated heterocycles. The lowest BCUT2D eigenvalue weighted by Gasteiger charge is -2.24. The summed E-state index contributed by atoms with van der Waals surface area (Å²) in [5, 5.41) is 8.78. The first-order chi connectivity index (χ1) is 9.12. The van der Waals surface area contributed by atoms with Crippen molar-refractivity contribution in [3.8, 4) is 0 Å². The predicted molar refractivity (Wildman–Crippen MR) is 85.0 cm³/mol. The fraction of sp³-hybridized carbons (Fsp3) is 0.882. The van der Waals surface area contributed by atoms with E-state index in [0.717, 1.165) is 4.48 Å². The second kappa shape index (κ2) is 12.7. The van der Waals surface area contributed by atoms with Crippen LogP contribution in [-0.4, -0.2) is 36.8 Å². The van der Waals surface area contributed by atoms with Crippen LogP contribution in [0, 0.1) is 0 Å². The van der Waals surface area contributed by atoms with Gasteiger partial charge in [-0.25, -0.2) is 0 Å². The summed E-state index contributed by atoms with van der Waals surface area (Å²) in [6, 6.07) is 0. The summed E-state index contributed by atoms with van der Waals surface area (Å²) in [5.74, 6) is 0. The van der Waals surface area contributed by atoms with Crippen molar-refractivity contribution in [1.82, 2.24) is 0 Å². The third kappa shape index (κ3) is 13.9. The van der Waals surface area contributed by atoms with Crippen LogP contribution in [0.1, 0.15) is 71.1 Å². The second-order valence-electron chi connectivity index (χ2n) is 6.25. The second-order valence-corrected chi connectivity index (χ2v) is 6.25. The molecule has 0 heterocycles. The molecule has 0 bridgehead atoms. The lowest BCUT2D eigenvalue weighted by Crippen LogP contribution is -2.34. The molecule has 2 heteroatoms. The minimum absolute atomic E-state index is 0.152. The average molecular weight is 270 g/mol. The maximum atomic E-state index is 8.78. The van der Waals surface area contributed by atoms with Crippen LogP contribution in [0.5, 0.6) is 0 Å². The van der Waals surface area contributed by atoms with Gasteiger partial charge < -0.3 is 9.59 Å². The number of quaternary nitrogens is 1. The minimum atomic E-state index is 0.152. The molecule has 0 amide bonds. The van der Waals surface area contributed by atoms with Crippen LogP contribution in [0.2, 0.25) is 0 Å². The molecule has 0 aromatic rings. The molecule has 114 valence electrons. The Morgan fingerprint density at radius 3 is 1.74 bits per heavy atom. The van der Waals surface area contributed by atoms with Gasteiger partial charge in [-0.05, 0) is 18.9 Å². The number of hydrogen-bond acceptors (Lipinski definition) is 1. The third-order valence-electron chi connectivity index (χ3n) is 3.70. The van der Waals surface area contributed by atoms with Gasteiger partial charge in [-0.1, -0.05) is 58.3 Å².